The largest absolute Gasteiger partial charge is 0.508 e. The van der Waals surface area contributed by atoms with E-state index in [1.807, 2.05) is 13.1 Å². The molecule has 3 rings (SSSR count). The van der Waals surface area contributed by atoms with Crippen LogP contribution in [0.15, 0.2) is 18.2 Å². The van der Waals surface area contributed by atoms with Crippen molar-refractivity contribution in [2.45, 2.75) is 32.2 Å². The van der Waals surface area contributed by atoms with Crippen molar-refractivity contribution in [3.05, 3.63) is 23.8 Å². The Bertz CT molecular complexity index is 448. The summed E-state index contributed by atoms with van der Waals surface area (Å²) in [5, 5.41) is 13.4. The summed E-state index contributed by atoms with van der Waals surface area (Å²) in [6.45, 7) is 4.41. The second-order valence-electron chi connectivity index (χ2n) is 6.11. The molecule has 2 aliphatic rings. The molecule has 1 aliphatic heterocycles. The predicted molar refractivity (Wildman–Crippen MR) is 78.6 cm³/mol. The van der Waals surface area contributed by atoms with Gasteiger partial charge in [-0.25, -0.2) is 0 Å². The second kappa shape index (κ2) is 5.04. The minimum atomic E-state index is 0.187. The molecule has 0 radical (unpaired) electrons. The molecule has 3 nitrogen and oxygen atoms in total. The zero-order chi connectivity index (χ0) is 13.4. The first-order valence-corrected chi connectivity index (χ1v) is 7.44. The van der Waals surface area contributed by atoms with Gasteiger partial charge in [-0.05, 0) is 44.7 Å². The van der Waals surface area contributed by atoms with E-state index in [0.29, 0.717) is 5.75 Å². The van der Waals surface area contributed by atoms with Gasteiger partial charge in [0.05, 0.1) is 0 Å². The molecule has 0 bridgehead atoms. The first-order valence-electron chi connectivity index (χ1n) is 7.44. The summed E-state index contributed by atoms with van der Waals surface area (Å²) in [5.41, 5.74) is 2.16. The second-order valence-corrected chi connectivity index (χ2v) is 6.11. The molecule has 1 aliphatic carbocycles. The van der Waals surface area contributed by atoms with Crippen molar-refractivity contribution >= 4 is 5.69 Å². The molecule has 0 spiro atoms. The summed E-state index contributed by atoms with van der Waals surface area (Å²) in [6.07, 6.45) is 4.19. The van der Waals surface area contributed by atoms with Crippen LogP contribution in [0.2, 0.25) is 0 Å². The third-order valence-corrected chi connectivity index (χ3v) is 5.00. The summed E-state index contributed by atoms with van der Waals surface area (Å²) in [4.78, 5) is 2.45. The van der Waals surface area contributed by atoms with E-state index >= 15 is 0 Å². The third kappa shape index (κ3) is 2.32. The smallest absolute Gasteiger partial charge is 0.122 e. The van der Waals surface area contributed by atoms with Crippen molar-refractivity contribution in [1.29, 1.82) is 0 Å². The highest BCUT2D eigenvalue weighted by Gasteiger charge is 2.36. The molecule has 3 unspecified atom stereocenters. The summed E-state index contributed by atoms with van der Waals surface area (Å²) >= 11 is 0. The summed E-state index contributed by atoms with van der Waals surface area (Å²) < 4.78 is 0. The lowest BCUT2D eigenvalue weighted by molar-refractivity contribution is 0.458. The minimum absolute atomic E-state index is 0.187. The van der Waals surface area contributed by atoms with Crippen LogP contribution < -0.4 is 10.2 Å². The van der Waals surface area contributed by atoms with Gasteiger partial charge in [0.2, 0.25) is 0 Å². The quantitative estimate of drug-likeness (QED) is 0.877. The van der Waals surface area contributed by atoms with Gasteiger partial charge >= 0.3 is 0 Å². The van der Waals surface area contributed by atoms with Crippen molar-refractivity contribution in [1.82, 2.24) is 5.32 Å². The van der Waals surface area contributed by atoms with Crippen molar-refractivity contribution in [2.75, 3.05) is 25.0 Å². The number of phenols is 1. The molecule has 3 atom stereocenters. The molecule has 19 heavy (non-hydrogen) atoms. The van der Waals surface area contributed by atoms with Crippen molar-refractivity contribution < 1.29 is 5.11 Å². The summed E-state index contributed by atoms with van der Waals surface area (Å²) in [6, 6.07) is 6.33. The van der Waals surface area contributed by atoms with Crippen LogP contribution in [0.3, 0.4) is 0 Å². The van der Waals surface area contributed by atoms with Crippen LogP contribution >= 0.6 is 0 Å². The van der Waals surface area contributed by atoms with E-state index in [9.17, 15) is 5.11 Å². The van der Waals surface area contributed by atoms with Gasteiger partial charge < -0.3 is 15.3 Å². The molecular weight excluding hydrogens is 236 g/mol. The van der Waals surface area contributed by atoms with Gasteiger partial charge in [0.1, 0.15) is 5.75 Å². The SMILES string of the molecule is CNC(C)c1ccc(N2CC3CCCC3C2)cc1O. The van der Waals surface area contributed by atoms with Crippen LogP contribution in [0.5, 0.6) is 5.75 Å². The minimum Gasteiger partial charge on any atom is -0.508 e. The molecular formula is C16H24N2O. The lowest BCUT2D eigenvalue weighted by atomic mass is 10.0. The molecule has 1 heterocycles. The Balaban J connectivity index is 1.77. The molecule has 0 aromatic heterocycles. The predicted octanol–water partition coefficient (Wildman–Crippen LogP) is 2.91. The van der Waals surface area contributed by atoms with Gasteiger partial charge in [-0.2, -0.15) is 0 Å². The fraction of sp³-hybridized carbons (Fsp3) is 0.625. The fourth-order valence-corrected chi connectivity index (χ4v) is 3.70. The van der Waals surface area contributed by atoms with Gasteiger partial charge in [0, 0.05) is 36.4 Å². The highest BCUT2D eigenvalue weighted by atomic mass is 16.3. The number of hydrogen-bond acceptors (Lipinski definition) is 3. The summed E-state index contributed by atoms with van der Waals surface area (Å²) in [7, 11) is 1.92. The molecule has 1 aromatic rings. The Morgan fingerprint density at radius 2 is 1.95 bits per heavy atom. The van der Waals surface area contributed by atoms with Crippen molar-refractivity contribution in [3.63, 3.8) is 0 Å². The number of hydrogen-bond donors (Lipinski definition) is 2. The number of phenolic OH excluding ortho intramolecular Hbond substituents is 1. The number of fused-ring (bicyclic) bond motifs is 1. The van der Waals surface area contributed by atoms with E-state index in [4.69, 9.17) is 0 Å². The molecule has 1 aromatic carbocycles. The fourth-order valence-electron chi connectivity index (χ4n) is 3.70. The Labute approximate surface area is 115 Å². The first kappa shape index (κ1) is 12.8. The Morgan fingerprint density at radius 1 is 1.26 bits per heavy atom. The van der Waals surface area contributed by atoms with Gasteiger partial charge in [0.25, 0.3) is 0 Å². The van der Waals surface area contributed by atoms with Crippen LogP contribution in [0.1, 0.15) is 37.8 Å². The van der Waals surface area contributed by atoms with Crippen molar-refractivity contribution in [3.8, 4) is 5.75 Å². The molecule has 104 valence electrons. The number of benzene rings is 1. The van der Waals surface area contributed by atoms with Crippen LogP contribution in [0, 0.1) is 11.8 Å². The monoisotopic (exact) mass is 260 g/mol. The van der Waals surface area contributed by atoms with Crippen molar-refractivity contribution in [2.24, 2.45) is 11.8 Å². The van der Waals surface area contributed by atoms with E-state index in [1.54, 1.807) is 0 Å². The highest BCUT2D eigenvalue weighted by Crippen LogP contribution is 2.40. The lowest BCUT2D eigenvalue weighted by Crippen LogP contribution is -2.21. The van der Waals surface area contributed by atoms with Crippen LogP contribution in [0.25, 0.3) is 0 Å². The van der Waals surface area contributed by atoms with Gasteiger partial charge in [-0.15, -0.1) is 0 Å². The van der Waals surface area contributed by atoms with Crippen LogP contribution in [0.4, 0.5) is 5.69 Å². The van der Waals surface area contributed by atoms with E-state index < -0.39 is 0 Å². The average Bonchev–Trinajstić information content (AvgIpc) is 2.98. The van der Waals surface area contributed by atoms with Crippen LogP contribution in [-0.4, -0.2) is 25.2 Å². The number of anilines is 1. The zero-order valence-electron chi connectivity index (χ0n) is 11.9. The maximum Gasteiger partial charge on any atom is 0.122 e. The molecule has 1 saturated carbocycles. The van der Waals surface area contributed by atoms with E-state index in [1.165, 1.54) is 38.0 Å². The number of nitrogens with zero attached hydrogens (tertiary/aromatic N) is 1. The van der Waals surface area contributed by atoms with E-state index in [0.717, 1.165) is 17.4 Å². The Morgan fingerprint density at radius 3 is 2.53 bits per heavy atom. The van der Waals surface area contributed by atoms with Crippen LogP contribution in [-0.2, 0) is 0 Å². The standard InChI is InChI=1S/C16H24N2O/c1-11(17-2)15-7-6-14(8-16(15)19)18-9-12-4-3-5-13(12)10-18/h6-8,11-13,17,19H,3-5,9-10H2,1-2H3. The molecule has 1 saturated heterocycles. The topological polar surface area (TPSA) is 35.5 Å². The molecule has 2 N–H and O–H groups in total. The Kier molecular flexibility index (Phi) is 3.40. The highest BCUT2D eigenvalue weighted by molar-refractivity contribution is 5.55. The number of aromatic hydroxyl groups is 1. The zero-order valence-corrected chi connectivity index (χ0v) is 11.9. The van der Waals surface area contributed by atoms with Gasteiger partial charge in [0.15, 0.2) is 0 Å². The van der Waals surface area contributed by atoms with E-state index in [-0.39, 0.29) is 6.04 Å². The Hall–Kier alpha value is -1.22. The van der Waals surface area contributed by atoms with Gasteiger partial charge in [-0.1, -0.05) is 12.5 Å². The normalized spacial score (nSPS) is 27.6. The van der Waals surface area contributed by atoms with E-state index in [2.05, 4.69) is 29.3 Å². The maximum absolute atomic E-state index is 10.2. The first-order chi connectivity index (χ1) is 9.19. The average molecular weight is 260 g/mol. The molecule has 2 fully saturated rings. The molecule has 3 heteroatoms. The molecule has 0 amide bonds. The third-order valence-electron chi connectivity index (χ3n) is 5.00. The maximum atomic E-state index is 10.2. The van der Waals surface area contributed by atoms with Gasteiger partial charge in [-0.3, -0.25) is 0 Å². The summed E-state index contributed by atoms with van der Waals surface area (Å²) in [5.74, 6) is 2.19. The lowest BCUT2D eigenvalue weighted by Gasteiger charge is -2.21. The number of nitrogens with one attached hydrogen (secondary N) is 1. The number of rotatable bonds is 3.